The van der Waals surface area contributed by atoms with Crippen LogP contribution >= 0.6 is 0 Å². The van der Waals surface area contributed by atoms with Crippen LogP contribution in [0.1, 0.15) is 52.9 Å². The second-order valence-corrected chi connectivity index (χ2v) is 8.30. The largest absolute Gasteiger partial charge is 0.375 e. The molecule has 130 valence electrons. The number of ether oxygens (including phenoxy) is 2. The molecule has 0 amide bonds. The minimum Gasteiger partial charge on any atom is -0.375 e. The smallest absolute Gasteiger partial charge is 0.0908 e. The molecular formula is C18H31N3O2. The molecule has 0 atom stereocenters. The van der Waals surface area contributed by atoms with E-state index in [2.05, 4.69) is 56.4 Å². The highest BCUT2D eigenvalue weighted by Crippen LogP contribution is 2.19. The van der Waals surface area contributed by atoms with E-state index in [0.29, 0.717) is 12.7 Å². The van der Waals surface area contributed by atoms with Crippen molar-refractivity contribution in [3.63, 3.8) is 0 Å². The Hall–Kier alpha value is -1.04. The summed E-state index contributed by atoms with van der Waals surface area (Å²) >= 11 is 0. The highest BCUT2D eigenvalue weighted by molar-refractivity contribution is 5.10. The van der Waals surface area contributed by atoms with Crippen molar-refractivity contribution >= 4 is 0 Å². The van der Waals surface area contributed by atoms with Crippen LogP contribution in [0.2, 0.25) is 0 Å². The van der Waals surface area contributed by atoms with Crippen LogP contribution < -0.4 is 0 Å². The molecule has 1 saturated heterocycles. The first-order valence-corrected chi connectivity index (χ1v) is 8.43. The van der Waals surface area contributed by atoms with Gasteiger partial charge in [0.05, 0.1) is 42.5 Å². The Morgan fingerprint density at radius 1 is 1.09 bits per heavy atom. The molecule has 5 nitrogen and oxygen atoms in total. The zero-order chi connectivity index (χ0) is 17.1. The number of hydrogen-bond acceptors (Lipinski definition) is 5. The average molecular weight is 321 g/mol. The van der Waals surface area contributed by atoms with Gasteiger partial charge in [-0.3, -0.25) is 14.9 Å². The SMILES string of the molecule is CC(C)(C)OCCN1CC(OCc2cnc(C(C)(C)C)cn2)C1. The molecule has 23 heavy (non-hydrogen) atoms. The van der Waals surface area contributed by atoms with Gasteiger partial charge in [-0.25, -0.2) is 0 Å². The van der Waals surface area contributed by atoms with Crippen molar-refractivity contribution in [2.24, 2.45) is 0 Å². The van der Waals surface area contributed by atoms with E-state index in [4.69, 9.17) is 9.47 Å². The molecule has 5 heteroatoms. The van der Waals surface area contributed by atoms with Gasteiger partial charge in [0.2, 0.25) is 0 Å². The third kappa shape index (κ3) is 6.16. The molecule has 1 fully saturated rings. The van der Waals surface area contributed by atoms with Gasteiger partial charge in [-0.05, 0) is 20.8 Å². The Balaban J connectivity index is 1.63. The first-order chi connectivity index (χ1) is 10.6. The molecule has 1 aliphatic heterocycles. The Kier molecular flexibility index (Phi) is 5.76. The van der Waals surface area contributed by atoms with E-state index >= 15 is 0 Å². The molecule has 0 aliphatic carbocycles. The molecule has 1 aliphatic rings. The van der Waals surface area contributed by atoms with Gasteiger partial charge < -0.3 is 9.47 Å². The molecule has 2 rings (SSSR count). The zero-order valence-corrected chi connectivity index (χ0v) is 15.4. The molecule has 0 aromatic carbocycles. The molecule has 0 N–H and O–H groups in total. The van der Waals surface area contributed by atoms with E-state index in [0.717, 1.165) is 37.6 Å². The Morgan fingerprint density at radius 3 is 2.30 bits per heavy atom. The summed E-state index contributed by atoms with van der Waals surface area (Å²) in [6.45, 7) is 16.9. The maximum atomic E-state index is 5.88. The normalized spacial score (nSPS) is 17.3. The highest BCUT2D eigenvalue weighted by atomic mass is 16.5. The van der Waals surface area contributed by atoms with Gasteiger partial charge in [-0.2, -0.15) is 0 Å². The summed E-state index contributed by atoms with van der Waals surface area (Å²) in [7, 11) is 0. The molecule has 0 spiro atoms. The fourth-order valence-electron chi connectivity index (χ4n) is 2.31. The lowest BCUT2D eigenvalue weighted by Crippen LogP contribution is -2.53. The highest BCUT2D eigenvalue weighted by Gasteiger charge is 2.27. The molecule has 0 saturated carbocycles. The van der Waals surface area contributed by atoms with Gasteiger partial charge in [-0.1, -0.05) is 20.8 Å². The average Bonchev–Trinajstić information content (AvgIpc) is 2.38. The lowest BCUT2D eigenvalue weighted by atomic mass is 9.93. The Morgan fingerprint density at radius 2 is 1.78 bits per heavy atom. The fourth-order valence-corrected chi connectivity index (χ4v) is 2.31. The monoisotopic (exact) mass is 321 g/mol. The maximum absolute atomic E-state index is 5.88. The van der Waals surface area contributed by atoms with Gasteiger partial charge >= 0.3 is 0 Å². The Bertz CT molecular complexity index is 482. The third-order valence-electron chi connectivity index (χ3n) is 3.81. The minimum absolute atomic E-state index is 0.0377. The van der Waals surface area contributed by atoms with E-state index in [1.165, 1.54) is 0 Å². The lowest BCUT2D eigenvalue weighted by molar-refractivity contribution is -0.0814. The van der Waals surface area contributed by atoms with Gasteiger partial charge in [0.15, 0.2) is 0 Å². The molecule has 1 aromatic rings. The third-order valence-corrected chi connectivity index (χ3v) is 3.81. The van der Waals surface area contributed by atoms with Crippen molar-refractivity contribution in [2.45, 2.75) is 65.3 Å². The van der Waals surface area contributed by atoms with Crippen molar-refractivity contribution in [2.75, 3.05) is 26.2 Å². The molecule has 0 radical (unpaired) electrons. The van der Waals surface area contributed by atoms with Crippen LogP contribution in [-0.2, 0) is 21.5 Å². The topological polar surface area (TPSA) is 47.5 Å². The van der Waals surface area contributed by atoms with Crippen molar-refractivity contribution < 1.29 is 9.47 Å². The van der Waals surface area contributed by atoms with Gasteiger partial charge in [0.25, 0.3) is 0 Å². The minimum atomic E-state index is -0.0569. The van der Waals surface area contributed by atoms with Gasteiger partial charge in [-0.15, -0.1) is 0 Å². The van der Waals surface area contributed by atoms with Crippen LogP contribution in [0.25, 0.3) is 0 Å². The molecular weight excluding hydrogens is 290 g/mol. The summed E-state index contributed by atoms with van der Waals surface area (Å²) in [5.41, 5.74) is 1.89. The first kappa shape index (κ1) is 18.3. The standard InChI is InChI=1S/C18H31N3O2/c1-17(2,3)16-10-19-14(9-20-16)13-22-15-11-21(12-15)7-8-23-18(4,5)6/h9-10,15H,7-8,11-13H2,1-6H3. The molecule has 0 unspecified atom stereocenters. The predicted molar refractivity (Wildman–Crippen MR) is 91.5 cm³/mol. The van der Waals surface area contributed by atoms with E-state index in [1.54, 1.807) is 0 Å². The summed E-state index contributed by atoms with van der Waals surface area (Å²) in [4.78, 5) is 11.3. The van der Waals surface area contributed by atoms with Crippen molar-refractivity contribution in [1.29, 1.82) is 0 Å². The zero-order valence-electron chi connectivity index (χ0n) is 15.4. The number of likely N-dealkylation sites (tertiary alicyclic amines) is 1. The first-order valence-electron chi connectivity index (χ1n) is 8.43. The van der Waals surface area contributed by atoms with Crippen molar-refractivity contribution in [1.82, 2.24) is 14.9 Å². The van der Waals surface area contributed by atoms with E-state index < -0.39 is 0 Å². The second kappa shape index (κ2) is 7.24. The Labute approximate surface area is 140 Å². The number of hydrogen-bond donors (Lipinski definition) is 0. The lowest BCUT2D eigenvalue weighted by Gasteiger charge is -2.39. The molecule has 2 heterocycles. The van der Waals surface area contributed by atoms with Crippen LogP contribution in [0.5, 0.6) is 0 Å². The van der Waals surface area contributed by atoms with Crippen LogP contribution in [0.4, 0.5) is 0 Å². The second-order valence-electron chi connectivity index (χ2n) is 8.30. The number of nitrogens with zero attached hydrogens (tertiary/aromatic N) is 3. The number of aromatic nitrogens is 2. The maximum Gasteiger partial charge on any atom is 0.0908 e. The van der Waals surface area contributed by atoms with Crippen molar-refractivity contribution in [3.05, 3.63) is 23.8 Å². The van der Waals surface area contributed by atoms with Crippen LogP contribution in [0.3, 0.4) is 0 Å². The van der Waals surface area contributed by atoms with Gasteiger partial charge in [0.1, 0.15) is 0 Å². The van der Waals surface area contributed by atoms with Gasteiger partial charge in [0, 0.05) is 31.2 Å². The summed E-state index contributed by atoms with van der Waals surface area (Å²) in [6.07, 6.45) is 3.98. The number of rotatable bonds is 6. The quantitative estimate of drug-likeness (QED) is 0.806. The van der Waals surface area contributed by atoms with Crippen LogP contribution in [0, 0.1) is 0 Å². The summed E-state index contributed by atoms with van der Waals surface area (Å²) in [6, 6.07) is 0. The van der Waals surface area contributed by atoms with E-state index in [-0.39, 0.29) is 11.0 Å². The van der Waals surface area contributed by atoms with Crippen molar-refractivity contribution in [3.8, 4) is 0 Å². The molecule has 0 bridgehead atoms. The summed E-state index contributed by atoms with van der Waals surface area (Å²) < 4.78 is 11.6. The van der Waals surface area contributed by atoms with E-state index in [1.807, 2.05) is 12.4 Å². The van der Waals surface area contributed by atoms with Crippen LogP contribution in [0.15, 0.2) is 12.4 Å². The van der Waals surface area contributed by atoms with E-state index in [9.17, 15) is 0 Å². The summed E-state index contributed by atoms with van der Waals surface area (Å²) in [5.74, 6) is 0. The fraction of sp³-hybridized carbons (Fsp3) is 0.778. The van der Waals surface area contributed by atoms with Crippen LogP contribution in [-0.4, -0.2) is 52.8 Å². The summed E-state index contributed by atoms with van der Waals surface area (Å²) in [5, 5.41) is 0. The predicted octanol–water partition coefficient (Wildman–Crippen LogP) is 2.79. The molecule has 1 aromatic heterocycles.